The summed E-state index contributed by atoms with van der Waals surface area (Å²) in [6.07, 6.45) is 6.14. The maximum atomic E-state index is 6.41. The smallest absolute Gasteiger partial charge is 0.0631 e. The maximum absolute atomic E-state index is 6.41. The van der Waals surface area contributed by atoms with Gasteiger partial charge in [0.15, 0.2) is 0 Å². The predicted molar refractivity (Wildman–Crippen MR) is 77.1 cm³/mol. The molecule has 1 aromatic rings. The number of hydrogen-bond acceptors (Lipinski definition) is 1. The second-order valence-corrected chi connectivity index (χ2v) is 6.37. The van der Waals surface area contributed by atoms with Gasteiger partial charge in [0.05, 0.1) is 17.1 Å². The minimum atomic E-state index is 0.0878. The SMILES string of the molecule is CC1(C)CCC(CCCC(Cl)c2ccccc2)O1. The second kappa shape index (κ2) is 6.08. The molecule has 1 nitrogen and oxygen atoms in total. The van der Waals surface area contributed by atoms with Crippen LogP contribution in [0.4, 0.5) is 0 Å². The van der Waals surface area contributed by atoms with E-state index in [1.54, 1.807) is 0 Å². The number of ether oxygens (including phenoxy) is 1. The van der Waals surface area contributed by atoms with E-state index >= 15 is 0 Å². The van der Waals surface area contributed by atoms with Gasteiger partial charge in [0.2, 0.25) is 0 Å². The van der Waals surface area contributed by atoms with Crippen molar-refractivity contribution in [1.29, 1.82) is 0 Å². The molecule has 0 aromatic heterocycles. The van der Waals surface area contributed by atoms with E-state index in [9.17, 15) is 0 Å². The molecule has 1 aliphatic rings. The van der Waals surface area contributed by atoms with Gasteiger partial charge in [-0.25, -0.2) is 0 Å². The van der Waals surface area contributed by atoms with E-state index < -0.39 is 0 Å². The molecule has 1 saturated heterocycles. The van der Waals surface area contributed by atoms with Crippen molar-refractivity contribution in [1.82, 2.24) is 0 Å². The first-order valence-electron chi connectivity index (χ1n) is 6.94. The number of benzene rings is 1. The Morgan fingerprint density at radius 1 is 1.33 bits per heavy atom. The lowest BCUT2D eigenvalue weighted by molar-refractivity contribution is -0.0190. The summed E-state index contributed by atoms with van der Waals surface area (Å²) in [4.78, 5) is 0. The van der Waals surface area contributed by atoms with E-state index in [-0.39, 0.29) is 11.0 Å². The summed E-state index contributed by atoms with van der Waals surface area (Å²) >= 11 is 6.41. The summed E-state index contributed by atoms with van der Waals surface area (Å²) in [5.74, 6) is 0. The van der Waals surface area contributed by atoms with Crippen LogP contribution < -0.4 is 0 Å². The number of halogens is 1. The molecule has 2 rings (SSSR count). The van der Waals surface area contributed by atoms with Gasteiger partial charge in [-0.15, -0.1) is 11.6 Å². The number of hydrogen-bond donors (Lipinski definition) is 0. The van der Waals surface area contributed by atoms with Gasteiger partial charge < -0.3 is 4.74 Å². The van der Waals surface area contributed by atoms with Crippen molar-refractivity contribution in [3.63, 3.8) is 0 Å². The van der Waals surface area contributed by atoms with Crippen molar-refractivity contribution in [2.45, 2.75) is 63.0 Å². The van der Waals surface area contributed by atoms with Crippen molar-refractivity contribution in [3.05, 3.63) is 35.9 Å². The molecule has 1 fully saturated rings. The topological polar surface area (TPSA) is 9.23 Å². The van der Waals surface area contributed by atoms with Crippen LogP contribution in [0, 0.1) is 0 Å². The molecule has 0 bridgehead atoms. The molecule has 1 aromatic carbocycles. The maximum Gasteiger partial charge on any atom is 0.0631 e. The molecule has 2 unspecified atom stereocenters. The Morgan fingerprint density at radius 3 is 2.67 bits per heavy atom. The highest BCUT2D eigenvalue weighted by atomic mass is 35.5. The normalized spacial score (nSPS) is 24.1. The van der Waals surface area contributed by atoms with Crippen LogP contribution in [0.15, 0.2) is 30.3 Å². The molecule has 0 amide bonds. The highest BCUT2D eigenvalue weighted by Gasteiger charge is 2.31. The zero-order valence-corrected chi connectivity index (χ0v) is 12.1. The third-order valence-corrected chi connectivity index (χ3v) is 4.17. The minimum absolute atomic E-state index is 0.0878. The van der Waals surface area contributed by atoms with Gasteiger partial charge in [0, 0.05) is 0 Å². The predicted octanol–water partition coefficient (Wildman–Crippen LogP) is 5.09. The standard InChI is InChI=1S/C16H23ClO/c1-16(2)12-11-14(18-16)9-6-10-15(17)13-7-4-3-5-8-13/h3-5,7-8,14-15H,6,9-12H2,1-2H3. The van der Waals surface area contributed by atoms with E-state index in [0.29, 0.717) is 6.10 Å². The fourth-order valence-electron chi connectivity index (χ4n) is 2.63. The molecule has 0 aliphatic carbocycles. The number of rotatable bonds is 5. The number of alkyl halides is 1. The van der Waals surface area contributed by atoms with Crippen LogP contribution in [0.25, 0.3) is 0 Å². The third-order valence-electron chi connectivity index (χ3n) is 3.70. The first-order valence-corrected chi connectivity index (χ1v) is 7.37. The first-order chi connectivity index (χ1) is 8.57. The van der Waals surface area contributed by atoms with E-state index in [0.717, 1.165) is 19.3 Å². The van der Waals surface area contributed by atoms with E-state index in [1.807, 2.05) is 18.2 Å². The fraction of sp³-hybridized carbons (Fsp3) is 0.625. The zero-order valence-electron chi connectivity index (χ0n) is 11.4. The monoisotopic (exact) mass is 266 g/mol. The quantitative estimate of drug-likeness (QED) is 0.674. The van der Waals surface area contributed by atoms with Crippen molar-refractivity contribution >= 4 is 11.6 Å². The summed E-state index contributed by atoms with van der Waals surface area (Å²) in [6, 6.07) is 10.3. The molecule has 0 radical (unpaired) electrons. The summed E-state index contributed by atoms with van der Waals surface area (Å²) in [5.41, 5.74) is 1.32. The van der Waals surface area contributed by atoms with Crippen molar-refractivity contribution in [2.75, 3.05) is 0 Å². The third kappa shape index (κ3) is 4.00. The van der Waals surface area contributed by atoms with Crippen LogP contribution in [-0.2, 0) is 4.74 Å². The minimum Gasteiger partial charge on any atom is -0.372 e. The molecule has 0 spiro atoms. The van der Waals surface area contributed by atoms with Crippen LogP contribution in [0.1, 0.15) is 56.9 Å². The lowest BCUT2D eigenvalue weighted by atomic mass is 10.0. The van der Waals surface area contributed by atoms with E-state index in [1.165, 1.54) is 18.4 Å². The van der Waals surface area contributed by atoms with Gasteiger partial charge in [-0.2, -0.15) is 0 Å². The van der Waals surface area contributed by atoms with Crippen LogP contribution in [0.2, 0.25) is 0 Å². The second-order valence-electron chi connectivity index (χ2n) is 5.85. The van der Waals surface area contributed by atoms with Gasteiger partial charge in [-0.3, -0.25) is 0 Å². The zero-order chi connectivity index (χ0) is 13.0. The largest absolute Gasteiger partial charge is 0.372 e. The molecule has 100 valence electrons. The molecule has 1 heterocycles. The Kier molecular flexibility index (Phi) is 4.69. The van der Waals surface area contributed by atoms with Crippen molar-refractivity contribution < 1.29 is 4.74 Å². The lowest BCUT2D eigenvalue weighted by Gasteiger charge is -2.19. The van der Waals surface area contributed by atoms with Gasteiger partial charge in [-0.05, 0) is 51.5 Å². The summed E-state index contributed by atoms with van der Waals surface area (Å²) < 4.78 is 5.99. The average Bonchev–Trinajstić information content (AvgIpc) is 2.70. The Balaban J connectivity index is 1.70. The Labute approximate surface area is 115 Å². The Bertz CT molecular complexity index is 361. The lowest BCUT2D eigenvalue weighted by Crippen LogP contribution is -2.19. The average molecular weight is 267 g/mol. The fourth-order valence-corrected chi connectivity index (χ4v) is 2.93. The molecule has 18 heavy (non-hydrogen) atoms. The summed E-state index contributed by atoms with van der Waals surface area (Å²) in [6.45, 7) is 4.36. The van der Waals surface area contributed by atoms with E-state index in [4.69, 9.17) is 16.3 Å². The molecule has 2 heteroatoms. The molecule has 0 N–H and O–H groups in total. The van der Waals surface area contributed by atoms with Crippen LogP contribution in [0.3, 0.4) is 0 Å². The van der Waals surface area contributed by atoms with Crippen LogP contribution in [-0.4, -0.2) is 11.7 Å². The summed E-state index contributed by atoms with van der Waals surface area (Å²) in [7, 11) is 0. The van der Waals surface area contributed by atoms with Gasteiger partial charge >= 0.3 is 0 Å². The Morgan fingerprint density at radius 2 is 2.06 bits per heavy atom. The summed E-state index contributed by atoms with van der Waals surface area (Å²) in [5, 5.41) is 0.139. The van der Waals surface area contributed by atoms with Gasteiger partial charge in [0.25, 0.3) is 0 Å². The molecule has 0 saturated carbocycles. The van der Waals surface area contributed by atoms with E-state index in [2.05, 4.69) is 26.0 Å². The molecular formula is C16H23ClO. The van der Waals surface area contributed by atoms with Gasteiger partial charge in [-0.1, -0.05) is 30.3 Å². The molecule has 2 atom stereocenters. The van der Waals surface area contributed by atoms with Crippen molar-refractivity contribution in [2.24, 2.45) is 0 Å². The van der Waals surface area contributed by atoms with Crippen LogP contribution >= 0.6 is 11.6 Å². The van der Waals surface area contributed by atoms with Gasteiger partial charge in [0.1, 0.15) is 0 Å². The first kappa shape index (κ1) is 13.9. The van der Waals surface area contributed by atoms with Crippen molar-refractivity contribution in [3.8, 4) is 0 Å². The molecular weight excluding hydrogens is 244 g/mol. The highest BCUT2D eigenvalue weighted by Crippen LogP contribution is 2.33. The Hall–Kier alpha value is -0.530. The highest BCUT2D eigenvalue weighted by molar-refractivity contribution is 6.20. The molecule has 1 aliphatic heterocycles. The van der Waals surface area contributed by atoms with Crippen LogP contribution in [0.5, 0.6) is 0 Å².